The van der Waals surface area contributed by atoms with Gasteiger partial charge in [0.15, 0.2) is 0 Å². The van der Waals surface area contributed by atoms with E-state index in [1.807, 2.05) is 0 Å². The Bertz CT molecular complexity index is 413. The minimum Gasteiger partial charge on any atom is -0.493 e. The highest BCUT2D eigenvalue weighted by atomic mass is 16.5. The van der Waals surface area contributed by atoms with E-state index in [0.29, 0.717) is 0 Å². The Balaban J connectivity index is 1.40. The van der Waals surface area contributed by atoms with Crippen LogP contribution in [0.1, 0.15) is 30.4 Å². The minimum absolute atomic E-state index is 0.849. The molecule has 0 aliphatic carbocycles. The van der Waals surface area contributed by atoms with Gasteiger partial charge in [-0.3, -0.25) is 0 Å². The van der Waals surface area contributed by atoms with E-state index in [4.69, 9.17) is 4.74 Å². The van der Waals surface area contributed by atoms with Gasteiger partial charge >= 0.3 is 0 Å². The second-order valence-corrected chi connectivity index (χ2v) is 5.70. The number of ether oxygens (including phenoxy) is 1. The van der Waals surface area contributed by atoms with Gasteiger partial charge in [-0.15, -0.1) is 0 Å². The summed E-state index contributed by atoms with van der Waals surface area (Å²) in [5, 5.41) is 7.00. The van der Waals surface area contributed by atoms with E-state index < -0.39 is 0 Å². The van der Waals surface area contributed by atoms with Crippen LogP contribution < -0.4 is 15.4 Å². The first-order valence-corrected chi connectivity index (χ1v) is 7.58. The molecule has 2 aliphatic rings. The first-order valence-electron chi connectivity index (χ1n) is 7.58. The maximum Gasteiger partial charge on any atom is 0.122 e. The summed E-state index contributed by atoms with van der Waals surface area (Å²) in [5.74, 6) is 2.00. The molecule has 2 heterocycles. The van der Waals surface area contributed by atoms with Gasteiger partial charge < -0.3 is 15.4 Å². The summed E-state index contributed by atoms with van der Waals surface area (Å²) in [7, 11) is 0. The summed E-state index contributed by atoms with van der Waals surface area (Å²) >= 11 is 0. The zero-order valence-corrected chi connectivity index (χ0v) is 11.6. The number of nitrogens with one attached hydrogen (secondary N) is 2. The molecule has 3 heteroatoms. The monoisotopic (exact) mass is 260 g/mol. The Morgan fingerprint density at radius 2 is 2.16 bits per heavy atom. The number of hydrogen-bond donors (Lipinski definition) is 2. The van der Waals surface area contributed by atoms with Gasteiger partial charge in [0.2, 0.25) is 0 Å². The van der Waals surface area contributed by atoms with E-state index in [0.717, 1.165) is 37.8 Å². The largest absolute Gasteiger partial charge is 0.493 e. The molecular formula is C16H24N2O. The summed E-state index contributed by atoms with van der Waals surface area (Å²) in [6.07, 6.45) is 5.07. The van der Waals surface area contributed by atoms with Crippen LogP contribution in [0.3, 0.4) is 0 Å². The average molecular weight is 260 g/mol. The highest BCUT2D eigenvalue weighted by molar-refractivity contribution is 5.39. The van der Waals surface area contributed by atoms with Crippen LogP contribution in [0.2, 0.25) is 0 Å². The number of piperidine rings is 1. The lowest BCUT2D eigenvalue weighted by molar-refractivity contribution is 0.348. The van der Waals surface area contributed by atoms with Crippen molar-refractivity contribution >= 4 is 0 Å². The zero-order valence-electron chi connectivity index (χ0n) is 11.6. The molecule has 0 unspecified atom stereocenters. The summed E-state index contributed by atoms with van der Waals surface area (Å²) in [6.45, 7) is 5.38. The molecule has 1 fully saturated rings. The van der Waals surface area contributed by atoms with Crippen molar-refractivity contribution in [2.45, 2.75) is 32.2 Å². The Morgan fingerprint density at radius 3 is 3.05 bits per heavy atom. The molecule has 0 radical (unpaired) electrons. The third kappa shape index (κ3) is 3.48. The van der Waals surface area contributed by atoms with Crippen molar-refractivity contribution in [1.82, 2.24) is 10.6 Å². The standard InChI is InChI=1S/C16H24N2O/c1-2-16-15(6-10-19-16)11-14(1)12-18-9-5-13-3-7-17-8-4-13/h1-2,11,13,17-18H,3-10,12H2. The first-order chi connectivity index (χ1) is 9.42. The molecule has 19 heavy (non-hydrogen) atoms. The second-order valence-electron chi connectivity index (χ2n) is 5.70. The summed E-state index contributed by atoms with van der Waals surface area (Å²) in [4.78, 5) is 0. The third-order valence-corrected chi connectivity index (χ3v) is 4.27. The molecule has 0 saturated carbocycles. The normalized spacial score (nSPS) is 19.2. The Morgan fingerprint density at radius 1 is 1.26 bits per heavy atom. The Labute approximate surface area is 115 Å². The molecular weight excluding hydrogens is 236 g/mol. The lowest BCUT2D eigenvalue weighted by Gasteiger charge is -2.22. The Hall–Kier alpha value is -1.06. The van der Waals surface area contributed by atoms with Crippen LogP contribution in [0.5, 0.6) is 5.75 Å². The van der Waals surface area contributed by atoms with Gasteiger partial charge in [0.25, 0.3) is 0 Å². The van der Waals surface area contributed by atoms with Gasteiger partial charge in [0, 0.05) is 13.0 Å². The molecule has 2 aliphatic heterocycles. The highest BCUT2D eigenvalue weighted by Crippen LogP contribution is 2.25. The fourth-order valence-electron chi connectivity index (χ4n) is 3.06. The number of benzene rings is 1. The quantitative estimate of drug-likeness (QED) is 0.796. The fourth-order valence-corrected chi connectivity index (χ4v) is 3.06. The van der Waals surface area contributed by atoms with E-state index in [1.165, 1.54) is 43.5 Å². The number of rotatable bonds is 5. The predicted molar refractivity (Wildman–Crippen MR) is 77.6 cm³/mol. The van der Waals surface area contributed by atoms with Crippen LogP contribution in [0.4, 0.5) is 0 Å². The molecule has 0 aromatic heterocycles. The van der Waals surface area contributed by atoms with Gasteiger partial charge in [-0.2, -0.15) is 0 Å². The van der Waals surface area contributed by atoms with Gasteiger partial charge in [0.1, 0.15) is 5.75 Å². The van der Waals surface area contributed by atoms with Crippen LogP contribution in [0.25, 0.3) is 0 Å². The molecule has 1 saturated heterocycles. The fraction of sp³-hybridized carbons (Fsp3) is 0.625. The third-order valence-electron chi connectivity index (χ3n) is 4.27. The zero-order chi connectivity index (χ0) is 12.9. The summed E-state index contributed by atoms with van der Waals surface area (Å²) < 4.78 is 5.53. The van der Waals surface area contributed by atoms with Crippen molar-refractivity contribution in [3.05, 3.63) is 29.3 Å². The van der Waals surface area contributed by atoms with Crippen molar-refractivity contribution in [2.75, 3.05) is 26.2 Å². The van der Waals surface area contributed by atoms with E-state index >= 15 is 0 Å². The molecule has 3 nitrogen and oxygen atoms in total. The molecule has 3 rings (SSSR count). The van der Waals surface area contributed by atoms with Crippen LogP contribution in [0.15, 0.2) is 18.2 Å². The topological polar surface area (TPSA) is 33.3 Å². The molecule has 1 aromatic carbocycles. The highest BCUT2D eigenvalue weighted by Gasteiger charge is 2.13. The molecule has 2 N–H and O–H groups in total. The summed E-state index contributed by atoms with van der Waals surface area (Å²) in [5.41, 5.74) is 2.76. The van der Waals surface area contributed by atoms with Crippen molar-refractivity contribution in [1.29, 1.82) is 0 Å². The van der Waals surface area contributed by atoms with Crippen molar-refractivity contribution in [2.24, 2.45) is 5.92 Å². The average Bonchev–Trinajstić information content (AvgIpc) is 2.92. The maximum absolute atomic E-state index is 5.53. The van der Waals surface area contributed by atoms with E-state index in [9.17, 15) is 0 Å². The molecule has 0 atom stereocenters. The van der Waals surface area contributed by atoms with E-state index in [1.54, 1.807) is 0 Å². The predicted octanol–water partition coefficient (Wildman–Crippen LogP) is 2.10. The summed E-state index contributed by atoms with van der Waals surface area (Å²) in [6, 6.07) is 6.59. The van der Waals surface area contributed by atoms with Gasteiger partial charge in [-0.1, -0.05) is 12.1 Å². The van der Waals surface area contributed by atoms with Gasteiger partial charge in [0.05, 0.1) is 6.61 Å². The second kappa shape index (κ2) is 6.40. The lowest BCUT2D eigenvalue weighted by Crippen LogP contribution is -2.29. The molecule has 0 amide bonds. The number of hydrogen-bond acceptors (Lipinski definition) is 3. The van der Waals surface area contributed by atoms with Crippen molar-refractivity contribution < 1.29 is 4.74 Å². The van der Waals surface area contributed by atoms with Crippen LogP contribution in [0, 0.1) is 5.92 Å². The Kier molecular flexibility index (Phi) is 4.36. The number of fused-ring (bicyclic) bond motifs is 1. The molecule has 0 bridgehead atoms. The molecule has 0 spiro atoms. The first kappa shape index (κ1) is 12.9. The van der Waals surface area contributed by atoms with Crippen LogP contribution >= 0.6 is 0 Å². The SMILES string of the molecule is c1cc2c(cc1CNCCC1CCNCC1)CCO2. The van der Waals surface area contributed by atoms with Gasteiger partial charge in [-0.25, -0.2) is 0 Å². The maximum atomic E-state index is 5.53. The van der Waals surface area contributed by atoms with E-state index in [-0.39, 0.29) is 0 Å². The van der Waals surface area contributed by atoms with E-state index in [2.05, 4.69) is 28.8 Å². The van der Waals surface area contributed by atoms with Crippen LogP contribution in [-0.2, 0) is 13.0 Å². The molecule has 1 aromatic rings. The van der Waals surface area contributed by atoms with Crippen LogP contribution in [-0.4, -0.2) is 26.2 Å². The van der Waals surface area contributed by atoms with Crippen molar-refractivity contribution in [3.63, 3.8) is 0 Å². The van der Waals surface area contributed by atoms with Gasteiger partial charge in [-0.05, 0) is 62.0 Å². The smallest absolute Gasteiger partial charge is 0.122 e. The molecule has 104 valence electrons. The lowest BCUT2D eigenvalue weighted by atomic mass is 9.95. The minimum atomic E-state index is 0.849. The van der Waals surface area contributed by atoms with Crippen molar-refractivity contribution in [3.8, 4) is 5.75 Å².